The number of likely N-dealkylation sites (tertiary alicyclic amines) is 1. The topological polar surface area (TPSA) is 61.8 Å². The van der Waals surface area contributed by atoms with E-state index in [1.54, 1.807) is 0 Å². The Morgan fingerprint density at radius 3 is 2.68 bits per heavy atom. The summed E-state index contributed by atoms with van der Waals surface area (Å²) in [7, 11) is 0. The van der Waals surface area contributed by atoms with Crippen molar-refractivity contribution in [3.05, 3.63) is 29.8 Å². The van der Waals surface area contributed by atoms with Gasteiger partial charge in [0.05, 0.1) is 0 Å². The third-order valence-electron chi connectivity index (χ3n) is 3.81. The summed E-state index contributed by atoms with van der Waals surface area (Å²) in [5.74, 6) is -0.335. The number of amides is 2. The van der Waals surface area contributed by atoms with Gasteiger partial charge >= 0.3 is 0 Å². The molecule has 1 aromatic carbocycles. The van der Waals surface area contributed by atoms with Crippen LogP contribution in [0.4, 0.5) is 5.69 Å². The number of nitrogens with one attached hydrogen (secondary N) is 1. The number of hydrogen-bond donors (Lipinski definition) is 1. The minimum atomic E-state index is -0.388. The fraction of sp³-hybridized carbons (Fsp3) is 0.438. The summed E-state index contributed by atoms with van der Waals surface area (Å²) in [6.45, 7) is 3.92. The summed E-state index contributed by atoms with van der Waals surface area (Å²) in [6, 6.07) is 7.62. The first kappa shape index (κ1) is 15.1. The summed E-state index contributed by atoms with van der Waals surface area (Å²) in [5, 5.41) is 3.23. The number of amidine groups is 1. The van der Waals surface area contributed by atoms with Gasteiger partial charge in [-0.25, -0.2) is 0 Å². The molecule has 1 fully saturated rings. The van der Waals surface area contributed by atoms with Crippen LogP contribution in [-0.2, 0) is 9.59 Å². The third kappa shape index (κ3) is 3.50. The molecule has 1 N–H and O–H groups in total. The van der Waals surface area contributed by atoms with Gasteiger partial charge in [-0.15, -0.1) is 0 Å². The van der Waals surface area contributed by atoms with Gasteiger partial charge in [0.15, 0.2) is 5.17 Å². The van der Waals surface area contributed by atoms with Crippen molar-refractivity contribution in [1.29, 1.82) is 0 Å². The second-order valence-corrected chi connectivity index (χ2v) is 6.82. The van der Waals surface area contributed by atoms with Gasteiger partial charge in [-0.2, -0.15) is 4.99 Å². The zero-order chi connectivity index (χ0) is 15.5. The molecule has 0 bridgehead atoms. The van der Waals surface area contributed by atoms with Crippen molar-refractivity contribution in [2.24, 2.45) is 4.99 Å². The van der Waals surface area contributed by atoms with E-state index in [1.807, 2.05) is 31.2 Å². The Balaban J connectivity index is 1.54. The second-order valence-electron chi connectivity index (χ2n) is 5.65. The average molecular weight is 317 g/mol. The van der Waals surface area contributed by atoms with E-state index in [-0.39, 0.29) is 23.5 Å². The molecule has 0 unspecified atom stereocenters. The first-order valence-electron chi connectivity index (χ1n) is 7.52. The van der Waals surface area contributed by atoms with Crippen molar-refractivity contribution in [1.82, 2.24) is 4.90 Å². The zero-order valence-electron chi connectivity index (χ0n) is 12.5. The molecule has 1 saturated heterocycles. The maximum absolute atomic E-state index is 12.1. The number of hydrogen-bond acceptors (Lipinski definition) is 4. The van der Waals surface area contributed by atoms with Crippen LogP contribution in [0, 0.1) is 6.92 Å². The Morgan fingerprint density at radius 1 is 1.32 bits per heavy atom. The highest BCUT2D eigenvalue weighted by atomic mass is 32.2. The summed E-state index contributed by atoms with van der Waals surface area (Å²) in [5.41, 5.74) is 1.90. The first-order chi connectivity index (χ1) is 10.6. The minimum absolute atomic E-state index is 0.146. The van der Waals surface area contributed by atoms with E-state index in [2.05, 4.69) is 15.2 Å². The molecule has 0 saturated carbocycles. The third-order valence-corrected chi connectivity index (χ3v) is 5.02. The van der Waals surface area contributed by atoms with Gasteiger partial charge in [0.1, 0.15) is 5.25 Å². The van der Waals surface area contributed by atoms with Gasteiger partial charge in [0.2, 0.25) is 5.91 Å². The number of nitrogens with zero attached hydrogens (tertiary/aromatic N) is 2. The number of benzene rings is 1. The van der Waals surface area contributed by atoms with Gasteiger partial charge in [-0.3, -0.25) is 9.59 Å². The molecule has 0 spiro atoms. The van der Waals surface area contributed by atoms with Crippen molar-refractivity contribution < 1.29 is 9.59 Å². The van der Waals surface area contributed by atoms with Crippen LogP contribution in [0.25, 0.3) is 0 Å². The van der Waals surface area contributed by atoms with Crippen LogP contribution in [0.5, 0.6) is 0 Å². The molecule has 0 aromatic heterocycles. The lowest BCUT2D eigenvalue weighted by Crippen LogP contribution is -2.25. The molecule has 2 heterocycles. The maximum atomic E-state index is 12.1. The highest BCUT2D eigenvalue weighted by molar-refractivity contribution is 8.15. The Morgan fingerprint density at radius 2 is 2.00 bits per heavy atom. The van der Waals surface area contributed by atoms with Crippen LogP contribution in [0.2, 0.25) is 0 Å². The van der Waals surface area contributed by atoms with Gasteiger partial charge in [0, 0.05) is 25.2 Å². The van der Waals surface area contributed by atoms with Crippen LogP contribution in [-0.4, -0.2) is 40.2 Å². The highest BCUT2D eigenvalue weighted by Gasteiger charge is 2.33. The van der Waals surface area contributed by atoms with Gasteiger partial charge in [0.25, 0.3) is 5.91 Å². The molecular weight excluding hydrogens is 298 g/mol. The summed E-state index contributed by atoms with van der Waals surface area (Å²) < 4.78 is 0. The number of carbonyl (C=O) groups is 2. The van der Waals surface area contributed by atoms with Crippen LogP contribution in [0.3, 0.4) is 0 Å². The minimum Gasteiger partial charge on any atom is -0.351 e. The van der Waals surface area contributed by atoms with Crippen molar-refractivity contribution >= 4 is 34.4 Å². The first-order valence-corrected chi connectivity index (χ1v) is 8.40. The van der Waals surface area contributed by atoms with Crippen LogP contribution < -0.4 is 5.32 Å². The van der Waals surface area contributed by atoms with E-state index in [9.17, 15) is 9.59 Å². The smallest absolute Gasteiger partial charge is 0.262 e. The number of thioether (sulfide) groups is 1. The monoisotopic (exact) mass is 317 g/mol. The molecule has 3 rings (SSSR count). The van der Waals surface area contributed by atoms with Crippen molar-refractivity contribution in [2.75, 3.05) is 18.4 Å². The van der Waals surface area contributed by atoms with E-state index in [0.717, 1.165) is 42.3 Å². The van der Waals surface area contributed by atoms with Crippen LogP contribution in [0.1, 0.15) is 24.8 Å². The normalized spacial score (nSPS) is 21.1. The van der Waals surface area contributed by atoms with Gasteiger partial charge in [-0.1, -0.05) is 29.5 Å². The van der Waals surface area contributed by atoms with E-state index < -0.39 is 0 Å². The van der Waals surface area contributed by atoms with Gasteiger partial charge in [-0.05, 0) is 31.9 Å². The highest BCUT2D eigenvalue weighted by Crippen LogP contribution is 2.29. The number of aryl methyl sites for hydroxylation is 1. The molecule has 2 aliphatic heterocycles. The Bertz CT molecular complexity index is 606. The van der Waals surface area contributed by atoms with Crippen molar-refractivity contribution in [3.63, 3.8) is 0 Å². The van der Waals surface area contributed by atoms with E-state index >= 15 is 0 Å². The Kier molecular flexibility index (Phi) is 4.47. The standard InChI is InChI=1S/C16H19N3O2S/c1-11-4-6-12(7-5-11)17-14(20)10-13-15(21)18-16(22-13)19-8-2-3-9-19/h4-7,13H,2-3,8-10H2,1H3,(H,17,20)/t13-/m1/s1. The van der Waals surface area contributed by atoms with Crippen LogP contribution in [0.15, 0.2) is 29.3 Å². The number of anilines is 1. The largest absolute Gasteiger partial charge is 0.351 e. The molecule has 116 valence electrons. The molecule has 1 atom stereocenters. The molecule has 22 heavy (non-hydrogen) atoms. The molecule has 6 heteroatoms. The molecule has 0 radical (unpaired) electrons. The predicted octanol–water partition coefficient (Wildman–Crippen LogP) is 2.42. The fourth-order valence-electron chi connectivity index (χ4n) is 2.57. The lowest BCUT2D eigenvalue weighted by atomic mass is 10.2. The molecule has 5 nitrogen and oxygen atoms in total. The summed E-state index contributed by atoms with van der Waals surface area (Å²) in [4.78, 5) is 30.3. The Labute approximate surface area is 134 Å². The summed E-state index contributed by atoms with van der Waals surface area (Å²) in [6.07, 6.45) is 2.46. The van der Waals surface area contributed by atoms with Gasteiger partial charge < -0.3 is 10.2 Å². The lowest BCUT2D eigenvalue weighted by Gasteiger charge is -2.16. The van der Waals surface area contributed by atoms with E-state index in [4.69, 9.17) is 0 Å². The van der Waals surface area contributed by atoms with E-state index in [0.29, 0.717) is 0 Å². The molecule has 2 aliphatic rings. The lowest BCUT2D eigenvalue weighted by molar-refractivity contribution is -0.121. The molecular formula is C16H19N3O2S. The summed E-state index contributed by atoms with van der Waals surface area (Å²) >= 11 is 1.42. The van der Waals surface area contributed by atoms with E-state index in [1.165, 1.54) is 11.8 Å². The molecule has 0 aliphatic carbocycles. The molecule has 2 amide bonds. The second kappa shape index (κ2) is 6.52. The Hall–Kier alpha value is -1.82. The number of carbonyl (C=O) groups excluding carboxylic acids is 2. The van der Waals surface area contributed by atoms with Crippen LogP contribution >= 0.6 is 11.8 Å². The fourth-order valence-corrected chi connectivity index (χ4v) is 3.69. The van der Waals surface area contributed by atoms with Crippen molar-refractivity contribution in [2.45, 2.75) is 31.4 Å². The SMILES string of the molecule is Cc1ccc(NC(=O)C[C@H]2SC(N3CCCC3)=NC2=O)cc1. The van der Waals surface area contributed by atoms with Crippen molar-refractivity contribution in [3.8, 4) is 0 Å². The number of rotatable bonds is 3. The zero-order valence-corrected chi connectivity index (χ0v) is 13.4. The quantitative estimate of drug-likeness (QED) is 0.930. The molecule has 1 aromatic rings. The average Bonchev–Trinajstić information content (AvgIpc) is 3.12. The maximum Gasteiger partial charge on any atom is 0.262 e. The predicted molar refractivity (Wildman–Crippen MR) is 89.1 cm³/mol. The number of aliphatic imine (C=N–C) groups is 1.